The van der Waals surface area contributed by atoms with Crippen molar-refractivity contribution >= 4 is 26.7 Å². The molecular weight excluding hydrogens is 290 g/mol. The number of hydrogen-bond donors (Lipinski definition) is 1. The SMILES string of the molecule is CC(Cn1cc(Br)cn1)NC(C)CS(C)=O. The molecule has 16 heavy (non-hydrogen) atoms. The summed E-state index contributed by atoms with van der Waals surface area (Å²) in [6, 6.07) is 0.574. The van der Waals surface area contributed by atoms with Crippen molar-refractivity contribution in [2.24, 2.45) is 0 Å². The Kier molecular flexibility index (Phi) is 5.64. The summed E-state index contributed by atoms with van der Waals surface area (Å²) < 4.78 is 13.9. The van der Waals surface area contributed by atoms with Gasteiger partial charge in [0.05, 0.1) is 17.2 Å². The molecule has 0 bridgehead atoms. The Morgan fingerprint density at radius 2 is 2.25 bits per heavy atom. The maximum atomic E-state index is 11.0. The van der Waals surface area contributed by atoms with Gasteiger partial charge in [0.1, 0.15) is 0 Å². The van der Waals surface area contributed by atoms with Gasteiger partial charge in [0, 0.05) is 41.1 Å². The molecule has 0 spiro atoms. The highest BCUT2D eigenvalue weighted by molar-refractivity contribution is 9.10. The maximum absolute atomic E-state index is 11.0. The number of aromatic nitrogens is 2. The zero-order valence-corrected chi connectivity index (χ0v) is 12.2. The molecule has 3 unspecified atom stereocenters. The van der Waals surface area contributed by atoms with E-state index >= 15 is 0 Å². The Balaban J connectivity index is 2.35. The fourth-order valence-electron chi connectivity index (χ4n) is 1.66. The van der Waals surface area contributed by atoms with Crippen molar-refractivity contribution in [3.05, 3.63) is 16.9 Å². The second kappa shape index (κ2) is 6.51. The van der Waals surface area contributed by atoms with E-state index in [-0.39, 0.29) is 6.04 Å². The maximum Gasteiger partial charge on any atom is 0.0632 e. The third kappa shape index (κ3) is 5.23. The zero-order chi connectivity index (χ0) is 12.1. The van der Waals surface area contributed by atoms with Crippen LogP contribution in [0.25, 0.3) is 0 Å². The average molecular weight is 308 g/mol. The van der Waals surface area contributed by atoms with Gasteiger partial charge in [0.2, 0.25) is 0 Å². The van der Waals surface area contributed by atoms with Gasteiger partial charge in [0.25, 0.3) is 0 Å². The molecule has 1 N–H and O–H groups in total. The van der Waals surface area contributed by atoms with Crippen LogP contribution < -0.4 is 5.32 Å². The average Bonchev–Trinajstić information content (AvgIpc) is 2.48. The molecule has 1 aromatic rings. The summed E-state index contributed by atoms with van der Waals surface area (Å²) in [6.07, 6.45) is 5.45. The molecule has 0 saturated carbocycles. The number of hydrogen-bond acceptors (Lipinski definition) is 3. The molecule has 0 saturated heterocycles. The molecule has 0 aromatic carbocycles. The summed E-state index contributed by atoms with van der Waals surface area (Å²) in [4.78, 5) is 0. The summed E-state index contributed by atoms with van der Waals surface area (Å²) >= 11 is 3.36. The Hall–Kier alpha value is -0.200. The molecule has 1 aromatic heterocycles. The highest BCUT2D eigenvalue weighted by Crippen LogP contribution is 2.06. The van der Waals surface area contributed by atoms with Crippen molar-refractivity contribution in [3.8, 4) is 0 Å². The minimum Gasteiger partial charge on any atom is -0.309 e. The predicted octanol–water partition coefficient (Wildman–Crippen LogP) is 1.39. The molecule has 3 atom stereocenters. The first-order valence-electron chi connectivity index (χ1n) is 5.21. The van der Waals surface area contributed by atoms with Crippen molar-refractivity contribution in [3.63, 3.8) is 0 Å². The summed E-state index contributed by atoms with van der Waals surface area (Å²) in [5.41, 5.74) is 0. The van der Waals surface area contributed by atoms with E-state index in [1.54, 1.807) is 12.5 Å². The van der Waals surface area contributed by atoms with Crippen LogP contribution in [0.5, 0.6) is 0 Å². The zero-order valence-electron chi connectivity index (χ0n) is 9.81. The van der Waals surface area contributed by atoms with Gasteiger partial charge in [-0.1, -0.05) is 0 Å². The van der Waals surface area contributed by atoms with Crippen molar-refractivity contribution in [1.82, 2.24) is 15.1 Å². The topological polar surface area (TPSA) is 46.9 Å². The van der Waals surface area contributed by atoms with Crippen molar-refractivity contribution in [2.75, 3.05) is 12.0 Å². The van der Waals surface area contributed by atoms with Crippen molar-refractivity contribution < 1.29 is 4.21 Å². The van der Waals surface area contributed by atoms with Gasteiger partial charge < -0.3 is 5.32 Å². The Bertz CT molecular complexity index is 356. The lowest BCUT2D eigenvalue weighted by Crippen LogP contribution is -2.40. The van der Waals surface area contributed by atoms with Gasteiger partial charge in [0.15, 0.2) is 0 Å². The molecule has 0 amide bonds. The van der Waals surface area contributed by atoms with Gasteiger partial charge in [-0.05, 0) is 29.8 Å². The lowest BCUT2D eigenvalue weighted by Gasteiger charge is -2.19. The number of rotatable bonds is 6. The first-order valence-corrected chi connectivity index (χ1v) is 7.73. The van der Waals surface area contributed by atoms with Crippen LogP contribution in [-0.2, 0) is 17.3 Å². The molecule has 4 nitrogen and oxygen atoms in total. The highest BCUT2D eigenvalue weighted by Gasteiger charge is 2.09. The second-order valence-electron chi connectivity index (χ2n) is 4.09. The summed E-state index contributed by atoms with van der Waals surface area (Å²) in [5.74, 6) is 0.688. The highest BCUT2D eigenvalue weighted by atomic mass is 79.9. The van der Waals surface area contributed by atoms with Gasteiger partial charge >= 0.3 is 0 Å². The molecule has 0 aliphatic carbocycles. The van der Waals surface area contributed by atoms with Crippen LogP contribution in [-0.4, -0.2) is 38.1 Å². The molecule has 0 fully saturated rings. The Labute approximate surface area is 107 Å². The van der Waals surface area contributed by atoms with Crippen LogP contribution in [0, 0.1) is 0 Å². The van der Waals surface area contributed by atoms with E-state index in [1.807, 2.05) is 10.9 Å². The summed E-state index contributed by atoms with van der Waals surface area (Å²) in [7, 11) is -0.747. The third-order valence-electron chi connectivity index (χ3n) is 2.12. The van der Waals surface area contributed by atoms with E-state index in [4.69, 9.17) is 0 Å². The molecule has 0 radical (unpaired) electrons. The second-order valence-corrected chi connectivity index (χ2v) is 6.48. The molecule has 0 aliphatic rings. The standard InChI is InChI=1S/C10H18BrN3OS/c1-8(13-9(2)7-16(3)15)5-14-6-10(11)4-12-14/h4,6,8-9,13H,5,7H2,1-3H3. The van der Waals surface area contributed by atoms with Crippen LogP contribution in [0.1, 0.15) is 13.8 Å². The molecule has 1 rings (SSSR count). The van der Waals surface area contributed by atoms with Crippen LogP contribution in [0.2, 0.25) is 0 Å². The van der Waals surface area contributed by atoms with E-state index in [2.05, 4.69) is 40.2 Å². The quantitative estimate of drug-likeness (QED) is 0.864. The van der Waals surface area contributed by atoms with E-state index in [0.29, 0.717) is 11.8 Å². The van der Waals surface area contributed by atoms with Crippen molar-refractivity contribution in [1.29, 1.82) is 0 Å². The molecule has 0 aliphatic heterocycles. The van der Waals surface area contributed by atoms with E-state index in [0.717, 1.165) is 11.0 Å². The lowest BCUT2D eigenvalue weighted by molar-refractivity contribution is 0.421. The van der Waals surface area contributed by atoms with Crippen LogP contribution >= 0.6 is 15.9 Å². The first-order chi connectivity index (χ1) is 7.47. The molecule has 6 heteroatoms. The monoisotopic (exact) mass is 307 g/mol. The molecule has 1 heterocycles. The fourth-order valence-corrected chi connectivity index (χ4v) is 2.79. The van der Waals surface area contributed by atoms with Crippen LogP contribution in [0.3, 0.4) is 0 Å². The van der Waals surface area contributed by atoms with Crippen LogP contribution in [0.15, 0.2) is 16.9 Å². The molecule has 92 valence electrons. The van der Waals surface area contributed by atoms with Gasteiger partial charge in [-0.25, -0.2) is 0 Å². The number of nitrogens with one attached hydrogen (secondary N) is 1. The summed E-state index contributed by atoms with van der Waals surface area (Å²) in [5, 5.41) is 7.59. The minimum atomic E-state index is -0.747. The predicted molar refractivity (Wildman–Crippen MR) is 70.9 cm³/mol. The smallest absolute Gasteiger partial charge is 0.0632 e. The van der Waals surface area contributed by atoms with E-state index < -0.39 is 10.8 Å². The number of halogens is 1. The third-order valence-corrected chi connectivity index (χ3v) is 3.50. The van der Waals surface area contributed by atoms with E-state index in [9.17, 15) is 4.21 Å². The molecular formula is C10H18BrN3OS. The van der Waals surface area contributed by atoms with Gasteiger partial charge in [-0.15, -0.1) is 0 Å². The van der Waals surface area contributed by atoms with Crippen LogP contribution in [0.4, 0.5) is 0 Å². The van der Waals surface area contributed by atoms with Gasteiger partial charge in [-0.2, -0.15) is 5.10 Å². The largest absolute Gasteiger partial charge is 0.309 e. The first kappa shape index (κ1) is 13.9. The minimum absolute atomic E-state index is 0.264. The summed E-state index contributed by atoms with van der Waals surface area (Å²) in [6.45, 7) is 4.97. The Morgan fingerprint density at radius 1 is 1.56 bits per heavy atom. The Morgan fingerprint density at radius 3 is 2.75 bits per heavy atom. The lowest BCUT2D eigenvalue weighted by atomic mass is 10.3. The van der Waals surface area contributed by atoms with Gasteiger partial charge in [-0.3, -0.25) is 8.89 Å². The van der Waals surface area contributed by atoms with E-state index in [1.165, 1.54) is 0 Å². The number of nitrogens with zero attached hydrogens (tertiary/aromatic N) is 2. The van der Waals surface area contributed by atoms with Crippen molar-refractivity contribution in [2.45, 2.75) is 32.5 Å². The normalized spacial score (nSPS) is 17.0. The fraction of sp³-hybridized carbons (Fsp3) is 0.700.